The Morgan fingerprint density at radius 1 is 1.45 bits per heavy atom. The second kappa shape index (κ2) is 6.43. The highest BCUT2D eigenvalue weighted by molar-refractivity contribution is 8.13. The van der Waals surface area contributed by atoms with E-state index in [9.17, 15) is 28.1 Å². The van der Waals surface area contributed by atoms with Crippen molar-refractivity contribution in [2.75, 3.05) is 5.75 Å². The van der Waals surface area contributed by atoms with Gasteiger partial charge in [0.15, 0.2) is 5.12 Å². The second-order valence-electron chi connectivity index (χ2n) is 3.57. The molecule has 0 aromatic heterocycles. The molecule has 0 aliphatic heterocycles. The first-order valence-electron chi connectivity index (χ1n) is 5.19. The molecular weight excluding hydrogens is 295 g/mol. The van der Waals surface area contributed by atoms with Crippen molar-refractivity contribution in [1.29, 1.82) is 0 Å². The lowest BCUT2D eigenvalue weighted by atomic mass is 10.1. The molecular formula is C12H8F3NO3S. The molecule has 0 aliphatic carbocycles. The maximum atomic E-state index is 12.6. The van der Waals surface area contributed by atoms with Gasteiger partial charge in [0, 0.05) is 18.6 Å². The van der Waals surface area contributed by atoms with Crippen LogP contribution in [0, 0.1) is 22.0 Å². The minimum absolute atomic E-state index is 0.0915. The van der Waals surface area contributed by atoms with Crippen molar-refractivity contribution in [3.8, 4) is 11.8 Å². The van der Waals surface area contributed by atoms with E-state index >= 15 is 0 Å². The van der Waals surface area contributed by atoms with Crippen LogP contribution >= 0.6 is 11.8 Å². The molecule has 0 atom stereocenters. The predicted octanol–water partition coefficient (Wildman–Crippen LogP) is 3.24. The van der Waals surface area contributed by atoms with E-state index in [1.807, 2.05) is 0 Å². The molecule has 1 aromatic carbocycles. The molecule has 0 saturated carbocycles. The standard InChI is InChI=1S/C12H8F3NO3S/c1-8(17)20-6-2-3-9-4-5-10(12(13,14)15)11(7-9)16(18)19/h4-5,7H,6H2,1H3. The van der Waals surface area contributed by atoms with Gasteiger partial charge in [-0.2, -0.15) is 13.2 Å². The fourth-order valence-corrected chi connectivity index (χ4v) is 1.62. The third-order valence-electron chi connectivity index (χ3n) is 2.08. The van der Waals surface area contributed by atoms with E-state index in [0.29, 0.717) is 6.07 Å². The zero-order valence-corrected chi connectivity index (χ0v) is 11.0. The number of nitro groups is 1. The Morgan fingerprint density at radius 3 is 2.60 bits per heavy atom. The normalized spacial score (nSPS) is 10.6. The van der Waals surface area contributed by atoms with Gasteiger partial charge >= 0.3 is 6.18 Å². The monoisotopic (exact) mass is 303 g/mol. The van der Waals surface area contributed by atoms with Crippen LogP contribution in [0.15, 0.2) is 18.2 Å². The first-order valence-corrected chi connectivity index (χ1v) is 6.18. The van der Waals surface area contributed by atoms with Crippen molar-refractivity contribution in [1.82, 2.24) is 0 Å². The summed E-state index contributed by atoms with van der Waals surface area (Å²) in [6.07, 6.45) is -4.79. The summed E-state index contributed by atoms with van der Waals surface area (Å²) in [5.41, 5.74) is -2.26. The Labute approximate surface area is 116 Å². The van der Waals surface area contributed by atoms with Crippen molar-refractivity contribution in [2.45, 2.75) is 13.1 Å². The van der Waals surface area contributed by atoms with Gasteiger partial charge in [0.05, 0.1) is 10.7 Å². The summed E-state index contributed by atoms with van der Waals surface area (Å²) < 4.78 is 37.7. The Morgan fingerprint density at radius 2 is 2.10 bits per heavy atom. The number of carbonyl (C=O) groups is 1. The van der Waals surface area contributed by atoms with Crippen molar-refractivity contribution >= 4 is 22.6 Å². The lowest BCUT2D eigenvalue weighted by Crippen LogP contribution is -2.08. The minimum Gasteiger partial charge on any atom is -0.288 e. The lowest BCUT2D eigenvalue weighted by Gasteiger charge is -2.07. The van der Waals surface area contributed by atoms with Crippen LogP contribution in [0.25, 0.3) is 0 Å². The van der Waals surface area contributed by atoms with E-state index in [1.54, 1.807) is 0 Å². The van der Waals surface area contributed by atoms with Gasteiger partial charge in [-0.15, -0.1) is 0 Å². The highest BCUT2D eigenvalue weighted by Gasteiger charge is 2.38. The number of thioether (sulfide) groups is 1. The van der Waals surface area contributed by atoms with Gasteiger partial charge in [-0.05, 0) is 12.1 Å². The van der Waals surface area contributed by atoms with Gasteiger partial charge in [-0.25, -0.2) is 0 Å². The van der Waals surface area contributed by atoms with Gasteiger partial charge in [0.1, 0.15) is 5.56 Å². The number of benzene rings is 1. The van der Waals surface area contributed by atoms with Crippen LogP contribution < -0.4 is 0 Å². The molecule has 0 spiro atoms. The number of carbonyl (C=O) groups excluding carboxylic acids is 1. The summed E-state index contributed by atoms with van der Waals surface area (Å²) in [6.45, 7) is 1.36. The van der Waals surface area contributed by atoms with Crippen LogP contribution in [0.5, 0.6) is 0 Å². The summed E-state index contributed by atoms with van der Waals surface area (Å²) in [7, 11) is 0. The minimum atomic E-state index is -4.79. The van der Waals surface area contributed by atoms with Gasteiger partial charge in [-0.1, -0.05) is 23.6 Å². The lowest BCUT2D eigenvalue weighted by molar-refractivity contribution is -0.388. The molecule has 106 valence electrons. The van der Waals surface area contributed by atoms with Gasteiger partial charge in [0.2, 0.25) is 0 Å². The smallest absolute Gasteiger partial charge is 0.288 e. The Hall–Kier alpha value is -2.01. The molecule has 0 unspecified atom stereocenters. The van der Waals surface area contributed by atoms with E-state index < -0.39 is 22.4 Å². The highest BCUT2D eigenvalue weighted by atomic mass is 32.2. The van der Waals surface area contributed by atoms with Gasteiger partial charge in [0.25, 0.3) is 5.69 Å². The number of nitrogens with zero attached hydrogens (tertiary/aromatic N) is 1. The maximum Gasteiger partial charge on any atom is 0.422 e. The van der Waals surface area contributed by atoms with Gasteiger partial charge < -0.3 is 0 Å². The Kier molecular flexibility index (Phi) is 5.16. The summed E-state index contributed by atoms with van der Waals surface area (Å²) in [6, 6.07) is 2.45. The van der Waals surface area contributed by atoms with Crippen LogP contribution in [-0.2, 0) is 11.0 Å². The topological polar surface area (TPSA) is 60.2 Å². The SMILES string of the molecule is CC(=O)SCC#Cc1ccc(C(F)(F)F)c([N+](=O)[O-])c1. The fraction of sp³-hybridized carbons (Fsp3) is 0.250. The molecule has 0 radical (unpaired) electrons. The molecule has 0 aliphatic rings. The van der Waals surface area contributed by atoms with Gasteiger partial charge in [-0.3, -0.25) is 14.9 Å². The van der Waals surface area contributed by atoms with E-state index in [0.717, 1.165) is 23.9 Å². The fourth-order valence-electron chi connectivity index (χ4n) is 1.28. The third kappa shape index (κ3) is 4.59. The van der Waals surface area contributed by atoms with E-state index in [-0.39, 0.29) is 16.4 Å². The highest BCUT2D eigenvalue weighted by Crippen LogP contribution is 2.36. The Bertz CT molecular complexity index is 602. The molecule has 0 bridgehead atoms. The van der Waals surface area contributed by atoms with Crippen LogP contribution in [0.1, 0.15) is 18.1 Å². The van der Waals surface area contributed by atoms with E-state index in [2.05, 4.69) is 11.8 Å². The number of halogens is 3. The number of nitro benzene ring substituents is 1. The molecule has 4 nitrogen and oxygen atoms in total. The summed E-state index contributed by atoms with van der Waals surface area (Å²) >= 11 is 0.942. The predicted molar refractivity (Wildman–Crippen MR) is 68.1 cm³/mol. The number of rotatable bonds is 2. The molecule has 1 rings (SSSR count). The molecule has 0 saturated heterocycles. The van der Waals surface area contributed by atoms with Crippen molar-refractivity contribution in [3.63, 3.8) is 0 Å². The van der Waals surface area contributed by atoms with Crippen molar-refractivity contribution < 1.29 is 22.9 Å². The summed E-state index contributed by atoms with van der Waals surface area (Å²) in [4.78, 5) is 20.2. The van der Waals surface area contributed by atoms with Crippen molar-refractivity contribution in [2.24, 2.45) is 0 Å². The first kappa shape index (κ1) is 16.0. The molecule has 20 heavy (non-hydrogen) atoms. The zero-order chi connectivity index (χ0) is 15.3. The zero-order valence-electron chi connectivity index (χ0n) is 10.2. The largest absolute Gasteiger partial charge is 0.422 e. The number of hydrogen-bond donors (Lipinski definition) is 0. The molecule has 0 heterocycles. The van der Waals surface area contributed by atoms with E-state index in [4.69, 9.17) is 0 Å². The number of alkyl halides is 3. The van der Waals surface area contributed by atoms with Crippen LogP contribution in [0.4, 0.5) is 18.9 Å². The molecule has 1 aromatic rings. The van der Waals surface area contributed by atoms with Crippen LogP contribution in [-0.4, -0.2) is 15.8 Å². The molecule has 0 fully saturated rings. The maximum absolute atomic E-state index is 12.6. The molecule has 0 N–H and O–H groups in total. The van der Waals surface area contributed by atoms with Crippen LogP contribution in [0.3, 0.4) is 0 Å². The molecule has 0 amide bonds. The van der Waals surface area contributed by atoms with Crippen molar-refractivity contribution in [3.05, 3.63) is 39.4 Å². The average molecular weight is 303 g/mol. The average Bonchev–Trinajstić information content (AvgIpc) is 2.33. The second-order valence-corrected chi connectivity index (χ2v) is 4.72. The summed E-state index contributed by atoms with van der Waals surface area (Å²) in [5, 5.41) is 10.5. The van der Waals surface area contributed by atoms with Crippen LogP contribution in [0.2, 0.25) is 0 Å². The third-order valence-corrected chi connectivity index (χ3v) is 2.78. The summed E-state index contributed by atoms with van der Waals surface area (Å²) in [5.74, 6) is 5.20. The molecule has 8 heteroatoms. The Balaban J connectivity index is 3.05. The first-order chi connectivity index (χ1) is 9.21. The van der Waals surface area contributed by atoms with E-state index in [1.165, 1.54) is 6.92 Å². The quantitative estimate of drug-likeness (QED) is 0.478. The number of hydrogen-bond acceptors (Lipinski definition) is 4.